The number of carbonyl (C=O) groups excluding carboxylic acids is 1. The summed E-state index contributed by atoms with van der Waals surface area (Å²) in [4.78, 5) is 19.0. The molecule has 5 nitrogen and oxygen atoms in total. The van der Waals surface area contributed by atoms with E-state index in [1.807, 2.05) is 6.07 Å². The molecule has 0 radical (unpaired) electrons. The minimum Gasteiger partial charge on any atom is -0.435 e. The van der Waals surface area contributed by atoms with Gasteiger partial charge in [0.15, 0.2) is 11.5 Å². The Hall–Kier alpha value is -3.29. The first-order chi connectivity index (χ1) is 14.3. The van der Waals surface area contributed by atoms with Gasteiger partial charge in [-0.3, -0.25) is 14.1 Å². The Morgan fingerprint density at radius 1 is 1.23 bits per heavy atom. The van der Waals surface area contributed by atoms with Crippen LogP contribution in [0.3, 0.4) is 0 Å². The summed E-state index contributed by atoms with van der Waals surface area (Å²) in [5.74, 6) is -0.307. The Bertz CT molecular complexity index is 1010. The summed E-state index contributed by atoms with van der Waals surface area (Å²) in [6.45, 7) is -1.80. The smallest absolute Gasteiger partial charge is 0.387 e. The number of hydrogen-bond acceptors (Lipinski definition) is 4. The lowest BCUT2D eigenvalue weighted by molar-refractivity contribution is -0.129. The summed E-state index contributed by atoms with van der Waals surface area (Å²) in [5, 5.41) is 0. The van der Waals surface area contributed by atoms with Crippen molar-refractivity contribution in [2.45, 2.75) is 25.5 Å². The molecule has 0 bridgehead atoms. The summed E-state index contributed by atoms with van der Waals surface area (Å²) in [6.07, 6.45) is 3.75. The molecule has 158 valence electrons. The van der Waals surface area contributed by atoms with Crippen molar-refractivity contribution >= 4 is 17.9 Å². The third-order valence-electron chi connectivity index (χ3n) is 4.94. The van der Waals surface area contributed by atoms with Gasteiger partial charge in [0, 0.05) is 7.05 Å². The first kappa shape index (κ1) is 21.4. The fraction of sp³-hybridized carbons (Fsp3) is 0.273. The monoisotopic (exact) mass is 417 g/mol. The topological polar surface area (TPSA) is 67.9 Å². The summed E-state index contributed by atoms with van der Waals surface area (Å²) >= 11 is 0. The number of nitrogens with zero attached hydrogens (tertiary/aromatic N) is 2. The zero-order valence-corrected chi connectivity index (χ0v) is 16.6. The minimum atomic E-state index is -2.95. The van der Waals surface area contributed by atoms with Crippen molar-refractivity contribution in [2.75, 3.05) is 13.7 Å². The number of allylic oxidation sites excluding steroid dienone is 1. The van der Waals surface area contributed by atoms with Crippen molar-refractivity contribution in [1.29, 1.82) is 0 Å². The van der Waals surface area contributed by atoms with Gasteiger partial charge in [-0.1, -0.05) is 36.4 Å². The Morgan fingerprint density at radius 3 is 2.57 bits per heavy atom. The highest BCUT2D eigenvalue weighted by molar-refractivity contribution is 6.09. The molecule has 0 saturated heterocycles. The average molecular weight is 417 g/mol. The zero-order valence-electron chi connectivity index (χ0n) is 16.6. The maximum absolute atomic E-state index is 13.3. The predicted octanol–water partition coefficient (Wildman–Crippen LogP) is 4.00. The number of guanidine groups is 1. The molecule has 1 amide bonds. The molecule has 1 aliphatic rings. The quantitative estimate of drug-likeness (QED) is 0.741. The minimum absolute atomic E-state index is 0.0163. The molecule has 2 N–H and O–H groups in total. The molecule has 0 fully saturated rings. The van der Waals surface area contributed by atoms with Gasteiger partial charge in [-0.15, -0.1) is 0 Å². The number of benzene rings is 2. The molecule has 2 aromatic carbocycles. The van der Waals surface area contributed by atoms with Gasteiger partial charge in [0.2, 0.25) is 0 Å². The van der Waals surface area contributed by atoms with Crippen LogP contribution in [0.15, 0.2) is 53.5 Å². The van der Waals surface area contributed by atoms with Gasteiger partial charge >= 0.3 is 6.61 Å². The van der Waals surface area contributed by atoms with Gasteiger partial charge in [-0.25, -0.2) is 4.99 Å². The zero-order chi connectivity index (χ0) is 21.9. The van der Waals surface area contributed by atoms with Gasteiger partial charge in [0.25, 0.3) is 5.91 Å². The molecule has 8 heteroatoms. The van der Waals surface area contributed by atoms with Crippen LogP contribution in [0, 0.1) is 6.92 Å². The van der Waals surface area contributed by atoms with Gasteiger partial charge in [-0.05, 0) is 53.8 Å². The number of aryl methyl sites for hydroxylation is 1. The van der Waals surface area contributed by atoms with Crippen molar-refractivity contribution in [1.82, 2.24) is 4.90 Å². The highest BCUT2D eigenvalue weighted by Crippen LogP contribution is 2.41. The number of hydrogen-bond donors (Lipinski definition) is 1. The lowest BCUT2D eigenvalue weighted by Gasteiger charge is -2.27. The number of halogens is 3. The van der Waals surface area contributed by atoms with E-state index in [9.17, 15) is 18.0 Å². The lowest BCUT2D eigenvalue weighted by Crippen LogP contribution is -2.41. The summed E-state index contributed by atoms with van der Waals surface area (Å²) in [5.41, 5.74) is 6.74. The molecule has 1 aliphatic heterocycles. The number of aliphatic imine (C=N–C) groups is 1. The molecule has 1 heterocycles. The number of amides is 1. The van der Waals surface area contributed by atoms with Crippen LogP contribution in [-0.2, 0) is 10.3 Å². The molecule has 30 heavy (non-hydrogen) atoms. The van der Waals surface area contributed by atoms with E-state index in [0.717, 1.165) is 5.56 Å². The molecule has 1 atom stereocenters. The first-order valence-corrected chi connectivity index (χ1v) is 9.32. The standard InChI is InChI=1S/C22H22F3N3O2/c1-14-12-17(9-10-18(14)30-20(24)25)22(19(29)28(2)21(26)27-22)16-8-5-7-15(13-16)6-3-4-11-23/h3,5-10,12-13,20H,4,11H2,1-2H3,(H2,26,27). The van der Waals surface area contributed by atoms with Crippen LogP contribution < -0.4 is 10.5 Å². The van der Waals surface area contributed by atoms with E-state index in [-0.39, 0.29) is 24.0 Å². The van der Waals surface area contributed by atoms with E-state index in [4.69, 9.17) is 5.73 Å². The van der Waals surface area contributed by atoms with Crippen LogP contribution >= 0.6 is 0 Å². The van der Waals surface area contributed by atoms with Crippen molar-refractivity contribution < 1.29 is 22.7 Å². The van der Waals surface area contributed by atoms with Crippen LogP contribution in [0.25, 0.3) is 6.08 Å². The normalized spacial score (nSPS) is 19.1. The number of carbonyl (C=O) groups is 1. The number of rotatable bonds is 7. The number of alkyl halides is 3. The van der Waals surface area contributed by atoms with E-state index in [2.05, 4.69) is 9.73 Å². The van der Waals surface area contributed by atoms with Crippen molar-refractivity contribution in [2.24, 2.45) is 10.7 Å². The van der Waals surface area contributed by atoms with Crippen LogP contribution in [0.5, 0.6) is 5.75 Å². The van der Waals surface area contributed by atoms with Crippen LogP contribution in [0.2, 0.25) is 0 Å². The maximum Gasteiger partial charge on any atom is 0.387 e. The lowest BCUT2D eigenvalue weighted by atomic mass is 9.81. The molecule has 0 saturated carbocycles. The average Bonchev–Trinajstić information content (AvgIpc) is 2.94. The Labute approximate surface area is 172 Å². The van der Waals surface area contributed by atoms with E-state index < -0.39 is 18.8 Å². The summed E-state index contributed by atoms with van der Waals surface area (Å²) in [7, 11) is 1.52. The Kier molecular flexibility index (Phi) is 6.14. The van der Waals surface area contributed by atoms with Gasteiger partial charge in [0.05, 0.1) is 6.67 Å². The van der Waals surface area contributed by atoms with Crippen molar-refractivity contribution in [3.05, 3.63) is 70.8 Å². The third-order valence-corrected chi connectivity index (χ3v) is 4.94. The molecule has 3 rings (SSSR count). The molecule has 2 aromatic rings. The van der Waals surface area contributed by atoms with E-state index in [0.29, 0.717) is 16.7 Å². The van der Waals surface area contributed by atoms with E-state index >= 15 is 0 Å². The molecule has 0 aliphatic carbocycles. The fourth-order valence-electron chi connectivity index (χ4n) is 3.44. The van der Waals surface area contributed by atoms with Crippen LogP contribution in [0.4, 0.5) is 13.2 Å². The van der Waals surface area contributed by atoms with E-state index in [1.54, 1.807) is 43.3 Å². The fourth-order valence-corrected chi connectivity index (χ4v) is 3.44. The second kappa shape index (κ2) is 8.61. The number of ether oxygens (including phenoxy) is 1. The third kappa shape index (κ3) is 3.90. The first-order valence-electron chi connectivity index (χ1n) is 9.32. The van der Waals surface area contributed by atoms with Crippen molar-refractivity contribution in [3.63, 3.8) is 0 Å². The molecular formula is C22H22F3N3O2. The van der Waals surface area contributed by atoms with Crippen molar-refractivity contribution in [3.8, 4) is 5.75 Å². The predicted molar refractivity (Wildman–Crippen MR) is 109 cm³/mol. The SMILES string of the molecule is Cc1cc(C2(c3cccc(C=CCCF)c3)N=C(N)N(C)C2=O)ccc1OC(F)F. The second-order valence-electron chi connectivity index (χ2n) is 6.91. The maximum atomic E-state index is 13.3. The van der Waals surface area contributed by atoms with Gasteiger partial charge in [-0.2, -0.15) is 8.78 Å². The Balaban J connectivity index is 2.15. The number of likely N-dealkylation sites (N-methyl/N-ethyl adjacent to an activating group) is 1. The second-order valence-corrected chi connectivity index (χ2v) is 6.91. The number of nitrogens with two attached hydrogens (primary N) is 1. The largest absolute Gasteiger partial charge is 0.435 e. The highest BCUT2D eigenvalue weighted by atomic mass is 19.3. The Morgan fingerprint density at radius 2 is 1.97 bits per heavy atom. The highest BCUT2D eigenvalue weighted by Gasteiger charge is 2.49. The van der Waals surface area contributed by atoms with Crippen LogP contribution in [-0.4, -0.2) is 37.1 Å². The van der Waals surface area contributed by atoms with Gasteiger partial charge < -0.3 is 10.5 Å². The molecule has 1 unspecified atom stereocenters. The summed E-state index contributed by atoms with van der Waals surface area (Å²) in [6, 6.07) is 11.6. The van der Waals surface area contributed by atoms with Gasteiger partial charge in [0.1, 0.15) is 5.75 Å². The van der Waals surface area contributed by atoms with Crippen LogP contribution in [0.1, 0.15) is 28.7 Å². The molecule has 0 aromatic heterocycles. The molecular weight excluding hydrogens is 395 g/mol. The molecule has 0 spiro atoms. The summed E-state index contributed by atoms with van der Waals surface area (Å²) < 4.78 is 42.2. The van der Waals surface area contributed by atoms with E-state index in [1.165, 1.54) is 24.1 Å².